The summed E-state index contributed by atoms with van der Waals surface area (Å²) in [6.07, 6.45) is 2.83. The zero-order valence-corrected chi connectivity index (χ0v) is 11.7. The minimum absolute atomic E-state index is 0.0950. The molecule has 1 saturated heterocycles. The van der Waals surface area contributed by atoms with Crippen LogP contribution in [0.25, 0.3) is 0 Å². The Morgan fingerprint density at radius 2 is 1.89 bits per heavy atom. The van der Waals surface area contributed by atoms with Crippen LogP contribution in [-0.2, 0) is 14.4 Å². The van der Waals surface area contributed by atoms with E-state index in [1.54, 1.807) is 0 Å². The normalized spacial score (nSPS) is 25.5. The highest BCUT2D eigenvalue weighted by molar-refractivity contribution is 6.09. The van der Waals surface area contributed by atoms with Gasteiger partial charge in [0.1, 0.15) is 5.54 Å². The van der Waals surface area contributed by atoms with Gasteiger partial charge in [-0.3, -0.25) is 14.5 Å². The van der Waals surface area contributed by atoms with E-state index in [4.69, 9.17) is 0 Å². The number of carbonyl (C=O) groups is 3. The summed E-state index contributed by atoms with van der Waals surface area (Å²) in [5.74, 6) is -1.79. The number of imide groups is 1. The number of amides is 2. The third-order valence-electron chi connectivity index (χ3n) is 5.02. The van der Waals surface area contributed by atoms with Crippen molar-refractivity contribution in [2.75, 3.05) is 0 Å². The highest BCUT2D eigenvalue weighted by atomic mass is 16.4. The van der Waals surface area contributed by atoms with Crippen LogP contribution in [0, 0.1) is 11.3 Å². The third kappa shape index (κ3) is 1.78. The zero-order valence-electron chi connectivity index (χ0n) is 11.7. The summed E-state index contributed by atoms with van der Waals surface area (Å²) in [5.41, 5.74) is -2.05. The summed E-state index contributed by atoms with van der Waals surface area (Å²) in [5, 5.41) is 9.51. The number of likely N-dealkylation sites (tertiary alicyclic amines) is 1. The van der Waals surface area contributed by atoms with E-state index in [-0.39, 0.29) is 24.2 Å². The van der Waals surface area contributed by atoms with Crippen LogP contribution in [0.15, 0.2) is 0 Å². The van der Waals surface area contributed by atoms with E-state index in [1.165, 1.54) is 6.92 Å². The molecule has 0 spiro atoms. The second kappa shape index (κ2) is 4.32. The van der Waals surface area contributed by atoms with E-state index in [2.05, 4.69) is 0 Å². The molecule has 2 fully saturated rings. The lowest BCUT2D eigenvalue weighted by atomic mass is 9.80. The third-order valence-corrected chi connectivity index (χ3v) is 5.02. The van der Waals surface area contributed by atoms with Crippen molar-refractivity contribution < 1.29 is 19.5 Å². The number of rotatable bonds is 5. The number of nitrogens with zero attached hydrogens (tertiary/aromatic N) is 1. The van der Waals surface area contributed by atoms with E-state index in [1.807, 2.05) is 13.8 Å². The maximum absolute atomic E-state index is 12.6. The molecule has 5 nitrogen and oxygen atoms in total. The van der Waals surface area contributed by atoms with Crippen molar-refractivity contribution in [3.63, 3.8) is 0 Å². The summed E-state index contributed by atoms with van der Waals surface area (Å²) in [7, 11) is 0. The average Bonchev–Trinajstić information content (AvgIpc) is 3.16. The van der Waals surface area contributed by atoms with Gasteiger partial charge in [0.2, 0.25) is 11.8 Å². The van der Waals surface area contributed by atoms with Crippen LogP contribution in [-0.4, -0.2) is 33.3 Å². The summed E-state index contributed by atoms with van der Waals surface area (Å²) in [6, 6.07) is 0. The van der Waals surface area contributed by atoms with E-state index in [0.717, 1.165) is 17.7 Å². The predicted molar refractivity (Wildman–Crippen MR) is 68.2 cm³/mol. The molecule has 1 atom stereocenters. The Morgan fingerprint density at radius 3 is 2.21 bits per heavy atom. The Kier molecular flexibility index (Phi) is 3.19. The molecule has 5 heteroatoms. The lowest BCUT2D eigenvalue weighted by Gasteiger charge is -2.35. The van der Waals surface area contributed by atoms with Gasteiger partial charge in [0.15, 0.2) is 0 Å². The standard InChI is InChI=1S/C14H21NO4/c1-4-14(5-2)8-10(16)15(11(14)17)13(3,12(18)19)9-6-7-9/h9H,4-8H2,1-3H3,(H,18,19). The summed E-state index contributed by atoms with van der Waals surface area (Å²) >= 11 is 0. The van der Waals surface area contributed by atoms with Crippen LogP contribution >= 0.6 is 0 Å². The Bertz CT molecular complexity index is 437. The van der Waals surface area contributed by atoms with Crippen molar-refractivity contribution in [1.29, 1.82) is 0 Å². The number of carboxylic acids is 1. The lowest BCUT2D eigenvalue weighted by molar-refractivity contribution is -0.164. The Morgan fingerprint density at radius 1 is 1.37 bits per heavy atom. The molecular weight excluding hydrogens is 246 g/mol. The smallest absolute Gasteiger partial charge is 0.330 e. The summed E-state index contributed by atoms with van der Waals surface area (Å²) < 4.78 is 0. The molecule has 1 unspecified atom stereocenters. The SMILES string of the molecule is CCC1(CC)CC(=O)N(C(C)(C(=O)O)C2CC2)C1=O. The van der Waals surface area contributed by atoms with Crippen molar-refractivity contribution in [3.8, 4) is 0 Å². The summed E-state index contributed by atoms with van der Waals surface area (Å²) in [4.78, 5) is 37.5. The van der Waals surface area contributed by atoms with Gasteiger partial charge >= 0.3 is 5.97 Å². The minimum Gasteiger partial charge on any atom is -0.479 e. The molecule has 1 aliphatic heterocycles. The number of hydrogen-bond acceptors (Lipinski definition) is 3. The molecule has 2 amide bonds. The van der Waals surface area contributed by atoms with Gasteiger partial charge in [-0.15, -0.1) is 0 Å². The van der Waals surface area contributed by atoms with Crippen molar-refractivity contribution >= 4 is 17.8 Å². The first-order valence-electron chi connectivity index (χ1n) is 6.94. The van der Waals surface area contributed by atoms with Crippen molar-refractivity contribution in [1.82, 2.24) is 4.90 Å². The molecule has 2 rings (SSSR count). The molecule has 106 valence electrons. The van der Waals surface area contributed by atoms with Gasteiger partial charge in [-0.1, -0.05) is 13.8 Å². The Hall–Kier alpha value is -1.39. The maximum Gasteiger partial charge on any atom is 0.330 e. The molecule has 0 aromatic carbocycles. The van der Waals surface area contributed by atoms with Gasteiger partial charge < -0.3 is 5.11 Å². The Labute approximate surface area is 113 Å². The second-order valence-corrected chi connectivity index (χ2v) is 5.93. The lowest BCUT2D eigenvalue weighted by Crippen LogP contribution is -2.57. The maximum atomic E-state index is 12.6. The predicted octanol–water partition coefficient (Wildman–Crippen LogP) is 1.81. The highest BCUT2D eigenvalue weighted by Crippen LogP contribution is 2.49. The van der Waals surface area contributed by atoms with E-state index in [9.17, 15) is 19.5 Å². The molecule has 1 aliphatic carbocycles. The monoisotopic (exact) mass is 267 g/mol. The van der Waals surface area contributed by atoms with Crippen LogP contribution in [0.3, 0.4) is 0 Å². The van der Waals surface area contributed by atoms with E-state index < -0.39 is 16.9 Å². The van der Waals surface area contributed by atoms with Gasteiger partial charge in [0.25, 0.3) is 0 Å². The first-order chi connectivity index (χ1) is 8.83. The van der Waals surface area contributed by atoms with Gasteiger partial charge in [0.05, 0.1) is 5.41 Å². The van der Waals surface area contributed by atoms with Crippen LogP contribution in [0.2, 0.25) is 0 Å². The van der Waals surface area contributed by atoms with E-state index in [0.29, 0.717) is 12.8 Å². The number of carbonyl (C=O) groups excluding carboxylic acids is 2. The van der Waals surface area contributed by atoms with Gasteiger partial charge in [0, 0.05) is 6.42 Å². The topological polar surface area (TPSA) is 74.7 Å². The van der Waals surface area contributed by atoms with Crippen LogP contribution < -0.4 is 0 Å². The minimum atomic E-state index is -1.36. The van der Waals surface area contributed by atoms with E-state index >= 15 is 0 Å². The zero-order chi connectivity index (χ0) is 14.4. The van der Waals surface area contributed by atoms with Crippen LogP contribution in [0.1, 0.15) is 52.9 Å². The van der Waals surface area contributed by atoms with Gasteiger partial charge in [-0.05, 0) is 38.5 Å². The number of hydrogen-bond donors (Lipinski definition) is 1. The fourth-order valence-corrected chi connectivity index (χ4v) is 3.17. The first kappa shape index (κ1) is 14.0. The average molecular weight is 267 g/mol. The molecule has 0 aromatic rings. The summed E-state index contributed by atoms with van der Waals surface area (Å²) in [6.45, 7) is 5.28. The molecule has 19 heavy (non-hydrogen) atoms. The molecule has 1 N–H and O–H groups in total. The van der Waals surface area contributed by atoms with Gasteiger partial charge in [-0.25, -0.2) is 4.79 Å². The fraction of sp³-hybridized carbons (Fsp3) is 0.786. The molecular formula is C14H21NO4. The van der Waals surface area contributed by atoms with Crippen LogP contribution in [0.5, 0.6) is 0 Å². The fourth-order valence-electron chi connectivity index (χ4n) is 3.17. The van der Waals surface area contributed by atoms with Crippen LogP contribution in [0.4, 0.5) is 0 Å². The van der Waals surface area contributed by atoms with Crippen molar-refractivity contribution in [2.45, 2.75) is 58.4 Å². The van der Waals surface area contributed by atoms with Crippen molar-refractivity contribution in [3.05, 3.63) is 0 Å². The molecule has 1 heterocycles. The first-order valence-corrected chi connectivity index (χ1v) is 6.94. The molecule has 2 aliphatic rings. The Balaban J connectivity index is 2.42. The number of carboxylic acid groups (broad SMARTS) is 1. The molecule has 0 bridgehead atoms. The quantitative estimate of drug-likeness (QED) is 0.771. The van der Waals surface area contributed by atoms with Crippen molar-refractivity contribution in [2.24, 2.45) is 11.3 Å². The van der Waals surface area contributed by atoms with Gasteiger partial charge in [-0.2, -0.15) is 0 Å². The molecule has 0 radical (unpaired) electrons. The number of aliphatic carboxylic acids is 1. The molecule has 1 saturated carbocycles. The highest BCUT2D eigenvalue weighted by Gasteiger charge is 2.62. The molecule has 0 aromatic heterocycles. The largest absolute Gasteiger partial charge is 0.479 e. The second-order valence-electron chi connectivity index (χ2n) is 5.93.